The normalized spacial score (nSPS) is 17.0. The number of anilines is 1. The maximum Gasteiger partial charge on any atom is 0.308 e. The fraction of sp³-hybridized carbons (Fsp3) is 0.192. The topological polar surface area (TPSA) is 92.6 Å². The van der Waals surface area contributed by atoms with E-state index >= 15 is 0 Å². The maximum absolute atomic E-state index is 11.5. The van der Waals surface area contributed by atoms with Crippen molar-refractivity contribution in [3.63, 3.8) is 0 Å². The number of allylic oxidation sites excluding steroid dienone is 1. The third kappa shape index (κ3) is 3.42. The molecule has 1 saturated heterocycles. The van der Waals surface area contributed by atoms with E-state index in [0.717, 1.165) is 34.4 Å². The van der Waals surface area contributed by atoms with Gasteiger partial charge in [0, 0.05) is 29.8 Å². The lowest BCUT2D eigenvalue weighted by molar-refractivity contribution is -0.140. The Morgan fingerprint density at radius 2 is 1.97 bits per heavy atom. The zero-order valence-electron chi connectivity index (χ0n) is 17.8. The molecule has 1 fully saturated rings. The van der Waals surface area contributed by atoms with Gasteiger partial charge in [-0.05, 0) is 24.0 Å². The molecule has 0 spiro atoms. The monoisotopic (exact) mass is 439 g/mol. The van der Waals surface area contributed by atoms with Crippen molar-refractivity contribution in [2.75, 3.05) is 18.0 Å². The summed E-state index contributed by atoms with van der Waals surface area (Å²) in [5.74, 6) is 0.206. The van der Waals surface area contributed by atoms with Crippen LogP contribution in [0.1, 0.15) is 17.5 Å². The molecule has 7 heteroatoms. The van der Waals surface area contributed by atoms with E-state index in [1.165, 1.54) is 12.0 Å². The number of carboxylic acid groups (broad SMARTS) is 1. The SMILES string of the molecule is O=C(O)C1CCN(c2nc(-c3ccc(-c4cnco4)cc3)c(-c3cccc4c3C=CC4)o2)C1. The summed E-state index contributed by atoms with van der Waals surface area (Å²) in [5, 5.41) is 9.41. The summed E-state index contributed by atoms with van der Waals surface area (Å²) in [6, 6.07) is 14.6. The highest BCUT2D eigenvalue weighted by Crippen LogP contribution is 2.41. The van der Waals surface area contributed by atoms with Gasteiger partial charge in [0.15, 0.2) is 17.9 Å². The minimum absolute atomic E-state index is 0.395. The van der Waals surface area contributed by atoms with Crippen LogP contribution in [0, 0.1) is 5.92 Å². The molecule has 4 aromatic rings. The van der Waals surface area contributed by atoms with Gasteiger partial charge in [-0.15, -0.1) is 0 Å². The molecule has 1 N–H and O–H groups in total. The Morgan fingerprint density at radius 3 is 2.73 bits per heavy atom. The smallest absolute Gasteiger partial charge is 0.308 e. The lowest BCUT2D eigenvalue weighted by Crippen LogP contribution is -2.22. The molecule has 0 bridgehead atoms. The van der Waals surface area contributed by atoms with Gasteiger partial charge in [-0.2, -0.15) is 4.98 Å². The zero-order chi connectivity index (χ0) is 22.4. The highest BCUT2D eigenvalue weighted by molar-refractivity contribution is 5.85. The van der Waals surface area contributed by atoms with Gasteiger partial charge < -0.3 is 18.8 Å². The van der Waals surface area contributed by atoms with Crippen molar-refractivity contribution < 1.29 is 18.7 Å². The number of fused-ring (bicyclic) bond motifs is 1. The predicted molar refractivity (Wildman–Crippen MR) is 124 cm³/mol. The minimum atomic E-state index is -0.779. The van der Waals surface area contributed by atoms with Gasteiger partial charge in [0.1, 0.15) is 5.69 Å². The molecule has 33 heavy (non-hydrogen) atoms. The Balaban J connectivity index is 1.44. The third-order valence-electron chi connectivity index (χ3n) is 6.36. The molecule has 3 heterocycles. The van der Waals surface area contributed by atoms with Crippen molar-refractivity contribution in [1.82, 2.24) is 9.97 Å². The second-order valence-corrected chi connectivity index (χ2v) is 8.37. The van der Waals surface area contributed by atoms with Crippen LogP contribution < -0.4 is 4.90 Å². The van der Waals surface area contributed by atoms with Crippen molar-refractivity contribution in [1.29, 1.82) is 0 Å². The highest BCUT2D eigenvalue weighted by Gasteiger charge is 2.32. The summed E-state index contributed by atoms with van der Waals surface area (Å²) in [7, 11) is 0. The molecule has 2 aromatic carbocycles. The van der Waals surface area contributed by atoms with Crippen LogP contribution in [0.5, 0.6) is 0 Å². The van der Waals surface area contributed by atoms with Crippen LogP contribution in [0.15, 0.2) is 70.0 Å². The number of carbonyl (C=O) groups is 1. The molecule has 7 nitrogen and oxygen atoms in total. The Hall–Kier alpha value is -4.13. The van der Waals surface area contributed by atoms with Crippen molar-refractivity contribution >= 4 is 18.1 Å². The number of aliphatic carboxylic acids is 1. The van der Waals surface area contributed by atoms with Crippen LogP contribution >= 0.6 is 0 Å². The van der Waals surface area contributed by atoms with Crippen LogP contribution in [0.3, 0.4) is 0 Å². The largest absolute Gasteiger partial charge is 0.481 e. The van der Waals surface area contributed by atoms with Crippen LogP contribution in [-0.4, -0.2) is 34.1 Å². The van der Waals surface area contributed by atoms with Crippen LogP contribution in [0.2, 0.25) is 0 Å². The third-order valence-corrected chi connectivity index (χ3v) is 6.36. The number of rotatable bonds is 5. The number of hydrogen-bond acceptors (Lipinski definition) is 6. The first kappa shape index (κ1) is 19.5. The molecule has 6 rings (SSSR count). The molecule has 1 aliphatic heterocycles. The second-order valence-electron chi connectivity index (χ2n) is 8.37. The number of oxazole rings is 2. The summed E-state index contributed by atoms with van der Waals surface area (Å²) in [4.78, 5) is 22.2. The summed E-state index contributed by atoms with van der Waals surface area (Å²) in [5.41, 5.74) is 5.96. The standard InChI is InChI=1S/C26H21N3O4/c30-25(31)19-11-12-29(14-19)26-28-23(18-9-7-17(8-10-18)22-13-27-15-32-22)24(33-26)21-6-2-4-16-3-1-5-20(16)21/h1-2,4-10,13,15,19H,3,11-12,14H2,(H,30,31). The number of benzene rings is 2. The molecule has 2 aromatic heterocycles. The van der Waals surface area contributed by atoms with Gasteiger partial charge in [0.05, 0.1) is 12.1 Å². The van der Waals surface area contributed by atoms with E-state index in [-0.39, 0.29) is 0 Å². The van der Waals surface area contributed by atoms with E-state index in [0.29, 0.717) is 37.0 Å². The first-order chi connectivity index (χ1) is 16.2. The summed E-state index contributed by atoms with van der Waals surface area (Å²) >= 11 is 0. The average Bonchev–Trinajstić information content (AvgIpc) is 3.63. The van der Waals surface area contributed by atoms with E-state index < -0.39 is 11.9 Å². The Kier molecular flexibility index (Phi) is 4.61. The number of hydrogen-bond donors (Lipinski definition) is 1. The fourth-order valence-electron chi connectivity index (χ4n) is 4.60. The van der Waals surface area contributed by atoms with E-state index in [9.17, 15) is 9.90 Å². The van der Waals surface area contributed by atoms with Crippen LogP contribution in [0.4, 0.5) is 6.01 Å². The fourth-order valence-corrected chi connectivity index (χ4v) is 4.60. The minimum Gasteiger partial charge on any atom is -0.481 e. The second kappa shape index (κ2) is 7.78. The van der Waals surface area contributed by atoms with Crippen molar-refractivity contribution in [3.8, 4) is 33.9 Å². The Labute approximate surface area is 190 Å². The first-order valence-corrected chi connectivity index (χ1v) is 10.9. The van der Waals surface area contributed by atoms with Crippen molar-refractivity contribution in [2.45, 2.75) is 12.8 Å². The molecule has 0 saturated carbocycles. The van der Waals surface area contributed by atoms with Crippen LogP contribution in [-0.2, 0) is 11.2 Å². The maximum atomic E-state index is 11.5. The van der Waals surface area contributed by atoms with Crippen molar-refractivity contribution in [2.24, 2.45) is 5.92 Å². The first-order valence-electron chi connectivity index (χ1n) is 10.9. The van der Waals surface area contributed by atoms with Gasteiger partial charge in [-0.25, -0.2) is 4.98 Å². The Bertz CT molecular complexity index is 1350. The molecule has 1 atom stereocenters. The molecule has 0 amide bonds. The van der Waals surface area contributed by atoms with Gasteiger partial charge in [-0.3, -0.25) is 4.79 Å². The number of carboxylic acids is 1. The van der Waals surface area contributed by atoms with Gasteiger partial charge in [0.2, 0.25) is 0 Å². The molecular weight excluding hydrogens is 418 g/mol. The van der Waals surface area contributed by atoms with E-state index in [1.807, 2.05) is 35.2 Å². The van der Waals surface area contributed by atoms with Crippen LogP contribution in [0.25, 0.3) is 40.0 Å². The van der Waals surface area contributed by atoms with Gasteiger partial charge >= 0.3 is 5.97 Å². The zero-order valence-corrected chi connectivity index (χ0v) is 17.8. The van der Waals surface area contributed by atoms with E-state index in [4.69, 9.17) is 13.8 Å². The van der Waals surface area contributed by atoms with Gasteiger partial charge in [0.25, 0.3) is 6.01 Å². The van der Waals surface area contributed by atoms with Crippen molar-refractivity contribution in [3.05, 3.63) is 72.3 Å². The summed E-state index contributed by atoms with van der Waals surface area (Å²) in [6.45, 7) is 1.000. The lowest BCUT2D eigenvalue weighted by Gasteiger charge is -2.12. The average molecular weight is 439 g/mol. The lowest BCUT2D eigenvalue weighted by atomic mass is 9.98. The number of aromatic nitrogens is 2. The number of nitrogens with zero attached hydrogens (tertiary/aromatic N) is 3. The summed E-state index contributed by atoms with van der Waals surface area (Å²) in [6.07, 6.45) is 8.85. The molecule has 1 aliphatic carbocycles. The quantitative estimate of drug-likeness (QED) is 0.460. The molecular formula is C26H21N3O4. The molecule has 1 unspecified atom stereocenters. The molecule has 0 radical (unpaired) electrons. The van der Waals surface area contributed by atoms with Gasteiger partial charge in [-0.1, -0.05) is 54.6 Å². The molecule has 2 aliphatic rings. The highest BCUT2D eigenvalue weighted by atomic mass is 16.4. The van der Waals surface area contributed by atoms with E-state index in [2.05, 4.69) is 29.3 Å². The summed E-state index contributed by atoms with van der Waals surface area (Å²) < 4.78 is 11.8. The van der Waals surface area contributed by atoms with E-state index in [1.54, 1.807) is 6.20 Å². The molecule has 164 valence electrons. The Morgan fingerprint density at radius 1 is 1.12 bits per heavy atom. The predicted octanol–water partition coefficient (Wildman–Crippen LogP) is 5.14.